The van der Waals surface area contributed by atoms with Gasteiger partial charge in [0, 0.05) is 6.04 Å². The number of carbonyl (C=O) groups is 1. The number of nitrogens with one attached hydrogen (secondary N) is 1. The monoisotopic (exact) mass is 344 g/mol. The molecule has 21 heavy (non-hydrogen) atoms. The van der Waals surface area contributed by atoms with Crippen molar-refractivity contribution in [2.45, 2.75) is 32.2 Å². The minimum atomic E-state index is -0.585. The fraction of sp³-hybridized carbons (Fsp3) is 0.462. The molecule has 8 heteroatoms. The Hall–Kier alpha value is -0.950. The van der Waals surface area contributed by atoms with Crippen molar-refractivity contribution >= 4 is 57.5 Å². The Labute approximate surface area is 136 Å². The Bertz CT molecular complexity index is 702. The largest absolute Gasteiger partial charge is 0.327 e. The van der Waals surface area contributed by atoms with Gasteiger partial charge in [0.05, 0.1) is 32.5 Å². The molecule has 3 rings (SSSR count). The van der Waals surface area contributed by atoms with Crippen LogP contribution in [0.1, 0.15) is 26.2 Å². The van der Waals surface area contributed by atoms with E-state index in [1.165, 1.54) is 0 Å². The van der Waals surface area contributed by atoms with Crippen molar-refractivity contribution in [2.75, 3.05) is 5.32 Å². The highest BCUT2D eigenvalue weighted by Crippen LogP contribution is 2.48. The molecule has 2 unspecified atom stereocenters. The predicted molar refractivity (Wildman–Crippen MR) is 86.6 cm³/mol. The molecular weight excluding hydrogens is 331 g/mol. The molecular formula is C13H14Cl2N4OS. The number of benzene rings is 1. The molecule has 112 valence electrons. The Morgan fingerprint density at radius 3 is 2.81 bits per heavy atom. The summed E-state index contributed by atoms with van der Waals surface area (Å²) in [5, 5.41) is 3.65. The van der Waals surface area contributed by atoms with Gasteiger partial charge in [-0.2, -0.15) is 8.73 Å². The number of nitrogens with two attached hydrogens (primary N) is 1. The van der Waals surface area contributed by atoms with Crippen molar-refractivity contribution in [3.8, 4) is 0 Å². The molecule has 0 bridgehead atoms. The molecule has 2 aliphatic rings. The minimum absolute atomic E-state index is 0.133. The van der Waals surface area contributed by atoms with Gasteiger partial charge in [0.1, 0.15) is 11.4 Å². The molecule has 0 aromatic heterocycles. The molecule has 1 fully saturated rings. The molecule has 5 nitrogen and oxygen atoms in total. The normalized spacial score (nSPS) is 26.6. The number of fused-ring (bicyclic) bond motifs is 1. The predicted octanol–water partition coefficient (Wildman–Crippen LogP) is 4.18. The number of halogens is 2. The second kappa shape index (κ2) is 5.35. The summed E-state index contributed by atoms with van der Waals surface area (Å²) < 4.78 is 8.30. The van der Waals surface area contributed by atoms with Gasteiger partial charge in [0.2, 0.25) is 5.91 Å². The van der Waals surface area contributed by atoms with Gasteiger partial charge < -0.3 is 11.1 Å². The van der Waals surface area contributed by atoms with E-state index < -0.39 is 5.41 Å². The summed E-state index contributed by atoms with van der Waals surface area (Å²) in [4.78, 5) is 12.6. The minimum Gasteiger partial charge on any atom is -0.327 e. The summed E-state index contributed by atoms with van der Waals surface area (Å²) in [6.07, 6.45) is 2.57. The molecule has 1 saturated carbocycles. The van der Waals surface area contributed by atoms with Gasteiger partial charge in [0.15, 0.2) is 0 Å². The molecule has 1 aliphatic heterocycles. The van der Waals surface area contributed by atoms with E-state index in [-0.39, 0.29) is 11.9 Å². The van der Waals surface area contributed by atoms with Crippen molar-refractivity contribution in [3.63, 3.8) is 0 Å². The number of hydrogen-bond acceptors (Lipinski definition) is 4. The van der Waals surface area contributed by atoms with Crippen LogP contribution in [0.5, 0.6) is 0 Å². The van der Waals surface area contributed by atoms with E-state index in [2.05, 4.69) is 14.0 Å². The Balaban J connectivity index is 1.95. The van der Waals surface area contributed by atoms with Crippen LogP contribution in [0.25, 0.3) is 0 Å². The van der Waals surface area contributed by atoms with Gasteiger partial charge in [-0.1, -0.05) is 29.6 Å². The number of nitrogens with zero attached hydrogens (tertiary/aromatic N) is 2. The first-order valence-corrected chi connectivity index (χ1v) is 8.09. The zero-order valence-corrected chi connectivity index (χ0v) is 13.6. The third-order valence-corrected chi connectivity index (χ3v) is 5.35. The molecule has 1 heterocycles. The highest BCUT2D eigenvalue weighted by molar-refractivity contribution is 7.58. The van der Waals surface area contributed by atoms with Crippen LogP contribution in [0.3, 0.4) is 0 Å². The summed E-state index contributed by atoms with van der Waals surface area (Å²) in [6.45, 7) is 1.89. The standard InChI is InChI=1S/C13H14Cl2N4OS/c1-13(4-2-3-8(13)16)12(20)17-9-6(14)5-7(15)10-11(9)19-21-18-10/h5,8H,2-4,16H2,1H3,(H,17,20). The van der Waals surface area contributed by atoms with E-state index >= 15 is 0 Å². The molecule has 1 amide bonds. The number of amides is 1. The Morgan fingerprint density at radius 2 is 2.14 bits per heavy atom. The zero-order valence-electron chi connectivity index (χ0n) is 11.3. The van der Waals surface area contributed by atoms with Crippen LogP contribution in [0, 0.1) is 5.41 Å². The van der Waals surface area contributed by atoms with E-state index in [0.29, 0.717) is 27.1 Å². The summed E-state index contributed by atoms with van der Waals surface area (Å²) in [7, 11) is 0. The molecule has 0 spiro atoms. The van der Waals surface area contributed by atoms with E-state index in [1.807, 2.05) is 6.92 Å². The molecule has 3 N–H and O–H groups in total. The lowest BCUT2D eigenvalue weighted by Crippen LogP contribution is -2.44. The van der Waals surface area contributed by atoms with Gasteiger partial charge in [-0.05, 0) is 25.8 Å². The zero-order chi connectivity index (χ0) is 15.2. The van der Waals surface area contributed by atoms with Gasteiger partial charge in [-0.25, -0.2) is 0 Å². The first-order chi connectivity index (χ1) is 9.93. The van der Waals surface area contributed by atoms with Crippen LogP contribution in [0.2, 0.25) is 10.0 Å². The lowest BCUT2D eigenvalue weighted by atomic mass is 9.84. The third-order valence-electron chi connectivity index (χ3n) is 4.23. The van der Waals surface area contributed by atoms with Crippen LogP contribution in [-0.4, -0.2) is 11.9 Å². The lowest BCUT2D eigenvalue weighted by molar-refractivity contribution is -0.125. The summed E-state index contributed by atoms with van der Waals surface area (Å²) in [5.41, 5.74) is 7.01. The number of anilines is 1. The quantitative estimate of drug-likeness (QED) is 0.856. The molecule has 0 radical (unpaired) electrons. The fourth-order valence-corrected chi connectivity index (χ4v) is 3.88. The number of rotatable bonds is 2. The molecule has 1 aliphatic carbocycles. The van der Waals surface area contributed by atoms with Crippen molar-refractivity contribution in [1.82, 2.24) is 0 Å². The lowest BCUT2D eigenvalue weighted by Gasteiger charge is -2.28. The second-order valence-electron chi connectivity index (χ2n) is 5.55. The Kier molecular flexibility index (Phi) is 3.81. The first kappa shape index (κ1) is 15.0. The number of carbonyl (C=O) groups excluding carboxylic acids is 1. The van der Waals surface area contributed by atoms with Crippen LogP contribution >= 0.6 is 23.2 Å². The van der Waals surface area contributed by atoms with Crippen LogP contribution in [-0.2, 0) is 16.1 Å². The van der Waals surface area contributed by atoms with E-state index in [1.54, 1.807) is 6.07 Å². The van der Waals surface area contributed by atoms with Gasteiger partial charge in [-0.3, -0.25) is 4.79 Å². The van der Waals surface area contributed by atoms with Crippen LogP contribution in [0.15, 0.2) is 14.8 Å². The van der Waals surface area contributed by atoms with Crippen molar-refractivity contribution < 1.29 is 4.79 Å². The average Bonchev–Trinajstić information content (AvgIpc) is 3.03. The van der Waals surface area contributed by atoms with E-state index in [0.717, 1.165) is 30.6 Å². The maximum atomic E-state index is 12.6. The maximum absolute atomic E-state index is 12.6. The summed E-state index contributed by atoms with van der Waals surface area (Å²) in [5.74, 6) is -0.133. The fourth-order valence-electron chi connectivity index (χ4n) is 2.72. The topological polar surface area (TPSA) is 79.8 Å². The highest BCUT2D eigenvalue weighted by atomic mass is 35.5. The third kappa shape index (κ3) is 2.40. The van der Waals surface area contributed by atoms with Crippen molar-refractivity contribution in [1.29, 1.82) is 0 Å². The number of hydrogen-bond donors (Lipinski definition) is 2. The first-order valence-electron chi connectivity index (χ1n) is 6.61. The average molecular weight is 345 g/mol. The molecule has 2 atom stereocenters. The van der Waals surface area contributed by atoms with Gasteiger partial charge in [0.25, 0.3) is 0 Å². The molecule has 1 aromatic rings. The second-order valence-corrected chi connectivity index (χ2v) is 6.89. The molecule has 0 saturated heterocycles. The SMILES string of the molecule is CC1(C(=O)Nc2c(Cl)cc(Cl)c3c2N=S=N3)CCCC1N. The van der Waals surface area contributed by atoms with Gasteiger partial charge in [-0.15, -0.1) is 0 Å². The van der Waals surface area contributed by atoms with Crippen molar-refractivity contribution in [3.05, 3.63) is 16.1 Å². The van der Waals surface area contributed by atoms with Crippen molar-refractivity contribution in [2.24, 2.45) is 19.9 Å². The highest BCUT2D eigenvalue weighted by Gasteiger charge is 2.43. The van der Waals surface area contributed by atoms with Gasteiger partial charge >= 0.3 is 0 Å². The molecule has 1 aromatic carbocycles. The van der Waals surface area contributed by atoms with E-state index in [4.69, 9.17) is 28.9 Å². The maximum Gasteiger partial charge on any atom is 0.231 e. The summed E-state index contributed by atoms with van der Waals surface area (Å²) in [6, 6.07) is 1.42. The van der Waals surface area contributed by atoms with Crippen LogP contribution in [0.4, 0.5) is 17.1 Å². The van der Waals surface area contributed by atoms with Crippen LogP contribution < -0.4 is 11.1 Å². The smallest absolute Gasteiger partial charge is 0.231 e. The summed E-state index contributed by atoms with van der Waals surface area (Å²) >= 11 is 13.3. The Morgan fingerprint density at radius 1 is 1.43 bits per heavy atom. The van der Waals surface area contributed by atoms with E-state index in [9.17, 15) is 4.79 Å².